The Labute approximate surface area is 123 Å². The van der Waals surface area contributed by atoms with Gasteiger partial charge < -0.3 is 4.57 Å². The Bertz CT molecular complexity index is 824. The molecule has 0 amide bonds. The van der Waals surface area contributed by atoms with E-state index in [0.717, 1.165) is 5.52 Å². The lowest BCUT2D eigenvalue weighted by molar-refractivity contribution is -0.137. The molecule has 0 fully saturated rings. The Morgan fingerprint density at radius 2 is 1.90 bits per heavy atom. The molecule has 3 aromatic rings. The second-order valence-corrected chi connectivity index (χ2v) is 4.91. The van der Waals surface area contributed by atoms with Crippen molar-refractivity contribution in [1.29, 1.82) is 0 Å². The van der Waals surface area contributed by atoms with Gasteiger partial charge in [-0.05, 0) is 17.7 Å². The van der Waals surface area contributed by atoms with Crippen LogP contribution in [-0.4, -0.2) is 14.5 Å². The van der Waals surface area contributed by atoms with Gasteiger partial charge in [0.05, 0.1) is 5.69 Å². The SMILES string of the molecule is Cn1cc(-c2nc(Cl)ncc2C(F)(F)F)c2ccccc21. The fraction of sp³-hybridized carbons (Fsp3) is 0.143. The van der Waals surface area contributed by atoms with Crippen molar-refractivity contribution in [2.45, 2.75) is 6.18 Å². The first-order valence-corrected chi connectivity index (χ1v) is 6.40. The molecule has 0 atom stereocenters. The zero-order valence-electron chi connectivity index (χ0n) is 10.8. The first-order valence-electron chi connectivity index (χ1n) is 6.02. The second kappa shape index (κ2) is 4.73. The third-order valence-electron chi connectivity index (χ3n) is 3.22. The summed E-state index contributed by atoms with van der Waals surface area (Å²) in [5, 5.41) is 0.464. The van der Waals surface area contributed by atoms with Gasteiger partial charge in [-0.1, -0.05) is 18.2 Å². The molecule has 0 aliphatic rings. The highest BCUT2D eigenvalue weighted by atomic mass is 35.5. The maximum absolute atomic E-state index is 13.1. The maximum atomic E-state index is 13.1. The van der Waals surface area contributed by atoms with Gasteiger partial charge >= 0.3 is 6.18 Å². The van der Waals surface area contributed by atoms with Crippen LogP contribution < -0.4 is 0 Å². The summed E-state index contributed by atoms with van der Waals surface area (Å²) in [6.07, 6.45) is -2.22. The van der Waals surface area contributed by atoms with Crippen molar-refractivity contribution in [2.24, 2.45) is 7.05 Å². The zero-order chi connectivity index (χ0) is 15.2. The summed E-state index contributed by atoms with van der Waals surface area (Å²) in [7, 11) is 1.77. The van der Waals surface area contributed by atoms with E-state index in [-0.39, 0.29) is 11.0 Å². The number of aromatic nitrogens is 3. The van der Waals surface area contributed by atoms with Crippen LogP contribution in [0.25, 0.3) is 22.2 Å². The Morgan fingerprint density at radius 3 is 2.62 bits per heavy atom. The number of halogens is 4. The molecular formula is C14H9ClF3N3. The summed E-state index contributed by atoms with van der Waals surface area (Å²) in [5.74, 6) is 0. The topological polar surface area (TPSA) is 30.7 Å². The van der Waals surface area contributed by atoms with Crippen LogP contribution in [0.3, 0.4) is 0 Å². The van der Waals surface area contributed by atoms with Gasteiger partial charge in [-0.2, -0.15) is 13.2 Å². The fourth-order valence-electron chi connectivity index (χ4n) is 2.30. The zero-order valence-corrected chi connectivity index (χ0v) is 11.6. The van der Waals surface area contributed by atoms with Gasteiger partial charge in [-0.25, -0.2) is 9.97 Å². The molecule has 0 saturated heterocycles. The highest BCUT2D eigenvalue weighted by molar-refractivity contribution is 6.28. The van der Waals surface area contributed by atoms with Crippen LogP contribution in [0.2, 0.25) is 5.28 Å². The minimum Gasteiger partial charge on any atom is -0.350 e. The third-order valence-corrected chi connectivity index (χ3v) is 3.40. The summed E-state index contributed by atoms with van der Waals surface area (Å²) in [6, 6.07) is 7.17. The predicted molar refractivity (Wildman–Crippen MR) is 74.0 cm³/mol. The molecule has 0 N–H and O–H groups in total. The molecule has 2 aromatic heterocycles. The minimum atomic E-state index is -4.54. The standard InChI is InChI=1S/C14H9ClF3N3/c1-21-7-9(8-4-2-3-5-11(8)21)12-10(14(16,17)18)6-19-13(15)20-12/h2-7H,1H3. The lowest BCUT2D eigenvalue weighted by atomic mass is 10.1. The van der Waals surface area contributed by atoms with Crippen molar-refractivity contribution in [3.63, 3.8) is 0 Å². The van der Waals surface area contributed by atoms with Crippen LogP contribution in [0.15, 0.2) is 36.7 Å². The summed E-state index contributed by atoms with van der Waals surface area (Å²) in [5.41, 5.74) is 0.0858. The molecule has 0 aliphatic heterocycles. The molecule has 0 spiro atoms. The number of alkyl halides is 3. The number of para-hydroxylation sites is 1. The van der Waals surface area contributed by atoms with Crippen LogP contribution >= 0.6 is 11.6 Å². The lowest BCUT2D eigenvalue weighted by Gasteiger charge is -2.11. The van der Waals surface area contributed by atoms with Crippen LogP contribution in [0, 0.1) is 0 Å². The van der Waals surface area contributed by atoms with Gasteiger partial charge in [0.15, 0.2) is 0 Å². The van der Waals surface area contributed by atoms with Crippen molar-refractivity contribution in [1.82, 2.24) is 14.5 Å². The van der Waals surface area contributed by atoms with Crippen LogP contribution in [0.1, 0.15) is 5.56 Å². The van der Waals surface area contributed by atoms with Crippen molar-refractivity contribution < 1.29 is 13.2 Å². The van der Waals surface area contributed by atoms with E-state index in [9.17, 15) is 13.2 Å². The van der Waals surface area contributed by atoms with E-state index in [2.05, 4.69) is 9.97 Å². The van der Waals surface area contributed by atoms with Gasteiger partial charge in [0.1, 0.15) is 5.56 Å². The fourth-order valence-corrected chi connectivity index (χ4v) is 2.44. The number of benzene rings is 1. The van der Waals surface area contributed by atoms with E-state index >= 15 is 0 Å². The van der Waals surface area contributed by atoms with Gasteiger partial charge in [0.2, 0.25) is 5.28 Å². The maximum Gasteiger partial charge on any atom is 0.419 e. The van der Waals surface area contributed by atoms with Crippen LogP contribution in [-0.2, 0) is 13.2 Å². The Hall–Kier alpha value is -2.08. The minimum absolute atomic E-state index is 0.209. The predicted octanol–water partition coefficient (Wildman–Crippen LogP) is 4.31. The molecule has 3 nitrogen and oxygen atoms in total. The molecular weight excluding hydrogens is 303 g/mol. The summed E-state index contributed by atoms with van der Waals surface area (Å²) in [6.45, 7) is 0. The van der Waals surface area contributed by atoms with E-state index in [0.29, 0.717) is 17.1 Å². The first kappa shape index (κ1) is 13.9. The van der Waals surface area contributed by atoms with Crippen molar-refractivity contribution >= 4 is 22.5 Å². The van der Waals surface area contributed by atoms with Crippen molar-refractivity contribution in [2.75, 3.05) is 0 Å². The number of aryl methyl sites for hydroxylation is 1. The van der Waals surface area contributed by atoms with Crippen LogP contribution in [0.4, 0.5) is 13.2 Å². The molecule has 0 saturated carbocycles. The Morgan fingerprint density at radius 1 is 1.19 bits per heavy atom. The van der Waals surface area contributed by atoms with E-state index in [1.54, 1.807) is 29.9 Å². The molecule has 3 rings (SSSR count). The highest BCUT2D eigenvalue weighted by Crippen LogP contribution is 2.38. The van der Waals surface area contributed by atoms with Crippen molar-refractivity contribution in [3.8, 4) is 11.3 Å². The smallest absolute Gasteiger partial charge is 0.350 e. The molecule has 0 unspecified atom stereocenters. The van der Waals surface area contributed by atoms with E-state index in [4.69, 9.17) is 11.6 Å². The van der Waals surface area contributed by atoms with Gasteiger partial charge in [-0.15, -0.1) is 0 Å². The molecule has 0 aliphatic carbocycles. The number of hydrogen-bond donors (Lipinski definition) is 0. The normalized spacial score (nSPS) is 12.0. The second-order valence-electron chi connectivity index (χ2n) is 4.57. The monoisotopic (exact) mass is 311 g/mol. The third kappa shape index (κ3) is 2.35. The summed E-state index contributed by atoms with van der Waals surface area (Å²) < 4.78 is 41.2. The van der Waals surface area contributed by atoms with E-state index < -0.39 is 11.7 Å². The molecule has 108 valence electrons. The molecule has 21 heavy (non-hydrogen) atoms. The van der Waals surface area contributed by atoms with E-state index in [1.807, 2.05) is 12.1 Å². The summed E-state index contributed by atoms with van der Waals surface area (Å²) in [4.78, 5) is 7.24. The number of fused-ring (bicyclic) bond motifs is 1. The molecule has 7 heteroatoms. The average Bonchev–Trinajstić information content (AvgIpc) is 2.75. The van der Waals surface area contributed by atoms with Gasteiger partial charge in [-0.3, -0.25) is 0 Å². The molecule has 0 bridgehead atoms. The number of rotatable bonds is 1. The first-order chi connectivity index (χ1) is 9.88. The van der Waals surface area contributed by atoms with Crippen molar-refractivity contribution in [3.05, 3.63) is 47.5 Å². The molecule has 1 aromatic carbocycles. The van der Waals surface area contributed by atoms with Gasteiger partial charge in [0, 0.05) is 35.9 Å². The van der Waals surface area contributed by atoms with E-state index in [1.165, 1.54) is 0 Å². The molecule has 2 heterocycles. The Balaban J connectivity index is 2.35. The average molecular weight is 312 g/mol. The number of nitrogens with zero attached hydrogens (tertiary/aromatic N) is 3. The van der Waals surface area contributed by atoms with Gasteiger partial charge in [0.25, 0.3) is 0 Å². The lowest BCUT2D eigenvalue weighted by Crippen LogP contribution is -2.09. The number of hydrogen-bond acceptors (Lipinski definition) is 2. The molecule has 0 radical (unpaired) electrons. The quantitative estimate of drug-likeness (QED) is 0.627. The summed E-state index contributed by atoms with van der Waals surface area (Å²) >= 11 is 5.68. The largest absolute Gasteiger partial charge is 0.419 e. The van der Waals surface area contributed by atoms with Crippen LogP contribution in [0.5, 0.6) is 0 Å². The highest BCUT2D eigenvalue weighted by Gasteiger charge is 2.36. The Kier molecular flexibility index (Phi) is 3.13.